The lowest BCUT2D eigenvalue weighted by Gasteiger charge is -2.18. The second-order valence-electron chi connectivity index (χ2n) is 6.44. The SMILES string of the molecule is CC(C)(C)c1ccc(-c2nnc(-c3ccc(O)cc3O)s2)cc1. The van der Waals surface area contributed by atoms with E-state index >= 15 is 0 Å². The molecule has 0 saturated heterocycles. The van der Waals surface area contributed by atoms with Gasteiger partial charge in [-0.25, -0.2) is 0 Å². The lowest BCUT2D eigenvalue weighted by atomic mass is 9.87. The van der Waals surface area contributed by atoms with Crippen LogP contribution in [0.1, 0.15) is 26.3 Å². The van der Waals surface area contributed by atoms with E-state index in [4.69, 9.17) is 0 Å². The predicted molar refractivity (Wildman–Crippen MR) is 92.8 cm³/mol. The van der Waals surface area contributed by atoms with Crippen molar-refractivity contribution in [2.45, 2.75) is 26.2 Å². The molecule has 3 aromatic rings. The Bertz CT molecular complexity index is 833. The topological polar surface area (TPSA) is 66.2 Å². The summed E-state index contributed by atoms with van der Waals surface area (Å²) in [6.45, 7) is 6.54. The highest BCUT2D eigenvalue weighted by atomic mass is 32.1. The lowest BCUT2D eigenvalue weighted by Crippen LogP contribution is -2.10. The number of aromatic hydroxyl groups is 2. The molecule has 0 saturated carbocycles. The van der Waals surface area contributed by atoms with E-state index in [0.29, 0.717) is 10.6 Å². The van der Waals surface area contributed by atoms with Crippen molar-refractivity contribution in [2.24, 2.45) is 0 Å². The summed E-state index contributed by atoms with van der Waals surface area (Å²) in [6, 6.07) is 12.8. The highest BCUT2D eigenvalue weighted by Crippen LogP contribution is 2.36. The predicted octanol–water partition coefficient (Wildman–Crippen LogP) is 4.58. The summed E-state index contributed by atoms with van der Waals surface area (Å²) in [7, 11) is 0. The first kappa shape index (κ1) is 15.5. The van der Waals surface area contributed by atoms with Crippen LogP contribution in [0.15, 0.2) is 42.5 Å². The van der Waals surface area contributed by atoms with Gasteiger partial charge in [0.15, 0.2) is 5.01 Å². The smallest absolute Gasteiger partial charge is 0.151 e. The van der Waals surface area contributed by atoms with E-state index in [1.165, 1.54) is 29.0 Å². The zero-order chi connectivity index (χ0) is 16.6. The van der Waals surface area contributed by atoms with Gasteiger partial charge in [0, 0.05) is 11.6 Å². The van der Waals surface area contributed by atoms with Crippen molar-refractivity contribution in [3.63, 3.8) is 0 Å². The third-order valence-corrected chi connectivity index (χ3v) is 4.64. The van der Waals surface area contributed by atoms with Crippen LogP contribution in [0.4, 0.5) is 0 Å². The van der Waals surface area contributed by atoms with Crippen LogP contribution in [0.25, 0.3) is 21.1 Å². The molecule has 0 aliphatic rings. The molecule has 0 bridgehead atoms. The third kappa shape index (κ3) is 3.19. The standard InChI is InChI=1S/C18H18N2O2S/c1-18(2,3)12-6-4-11(5-7-12)16-19-20-17(23-16)14-9-8-13(21)10-15(14)22/h4-10,21-22H,1-3H3. The second kappa shape index (κ2) is 5.66. The Kier molecular flexibility index (Phi) is 3.82. The molecule has 1 aromatic heterocycles. The van der Waals surface area contributed by atoms with Crippen LogP contribution in [0, 0.1) is 0 Å². The number of phenols is 2. The average molecular weight is 326 g/mol. The average Bonchev–Trinajstić information content (AvgIpc) is 2.96. The molecule has 0 aliphatic carbocycles. The molecule has 3 rings (SSSR count). The summed E-state index contributed by atoms with van der Waals surface area (Å²) in [4.78, 5) is 0. The van der Waals surface area contributed by atoms with Crippen LogP contribution >= 0.6 is 11.3 Å². The maximum atomic E-state index is 9.93. The van der Waals surface area contributed by atoms with Gasteiger partial charge < -0.3 is 10.2 Å². The van der Waals surface area contributed by atoms with Gasteiger partial charge in [0.05, 0.1) is 5.56 Å². The number of benzene rings is 2. The van der Waals surface area contributed by atoms with E-state index in [1.54, 1.807) is 6.07 Å². The molecule has 4 nitrogen and oxygen atoms in total. The van der Waals surface area contributed by atoms with Crippen LogP contribution in [0.5, 0.6) is 11.5 Å². The van der Waals surface area contributed by atoms with Crippen molar-refractivity contribution in [2.75, 3.05) is 0 Å². The van der Waals surface area contributed by atoms with Gasteiger partial charge in [0.2, 0.25) is 0 Å². The first-order valence-electron chi connectivity index (χ1n) is 7.31. The molecule has 0 aliphatic heterocycles. The zero-order valence-corrected chi connectivity index (χ0v) is 14.1. The molecule has 0 spiro atoms. The highest BCUT2D eigenvalue weighted by molar-refractivity contribution is 7.18. The number of hydrogen-bond donors (Lipinski definition) is 2. The summed E-state index contributed by atoms with van der Waals surface area (Å²) in [5.74, 6) is 0.0181. The lowest BCUT2D eigenvalue weighted by molar-refractivity contribution is 0.452. The Hall–Kier alpha value is -2.40. The zero-order valence-electron chi connectivity index (χ0n) is 13.2. The van der Waals surface area contributed by atoms with E-state index < -0.39 is 0 Å². The largest absolute Gasteiger partial charge is 0.508 e. The van der Waals surface area contributed by atoms with E-state index in [1.807, 2.05) is 12.1 Å². The minimum absolute atomic E-state index is 0.00391. The fourth-order valence-corrected chi connectivity index (χ4v) is 3.15. The molecule has 1 heterocycles. The van der Waals surface area contributed by atoms with Gasteiger partial charge in [-0.1, -0.05) is 56.4 Å². The molecule has 5 heteroatoms. The number of rotatable bonds is 2. The Morgan fingerprint density at radius 3 is 2.13 bits per heavy atom. The molecule has 0 radical (unpaired) electrons. The first-order valence-corrected chi connectivity index (χ1v) is 8.13. The van der Waals surface area contributed by atoms with E-state index in [2.05, 4.69) is 43.1 Å². The van der Waals surface area contributed by atoms with Crippen LogP contribution in [0.3, 0.4) is 0 Å². The molecule has 0 amide bonds. The van der Waals surface area contributed by atoms with Crippen LogP contribution < -0.4 is 0 Å². The monoisotopic (exact) mass is 326 g/mol. The van der Waals surface area contributed by atoms with E-state index in [9.17, 15) is 10.2 Å². The molecular weight excluding hydrogens is 308 g/mol. The first-order chi connectivity index (χ1) is 10.8. The van der Waals surface area contributed by atoms with E-state index in [-0.39, 0.29) is 16.9 Å². The number of nitrogens with zero attached hydrogens (tertiary/aromatic N) is 2. The van der Waals surface area contributed by atoms with Gasteiger partial charge in [0.1, 0.15) is 16.5 Å². The van der Waals surface area contributed by atoms with Gasteiger partial charge in [-0.2, -0.15) is 0 Å². The summed E-state index contributed by atoms with van der Waals surface area (Å²) >= 11 is 1.41. The number of aromatic nitrogens is 2. The molecule has 2 aromatic carbocycles. The molecule has 2 N–H and O–H groups in total. The van der Waals surface area contributed by atoms with Gasteiger partial charge in [-0.05, 0) is 23.1 Å². The third-order valence-electron chi connectivity index (χ3n) is 3.63. The summed E-state index contributed by atoms with van der Waals surface area (Å²) in [5.41, 5.74) is 2.95. The summed E-state index contributed by atoms with van der Waals surface area (Å²) in [6.07, 6.45) is 0. The molecule has 0 unspecified atom stereocenters. The molecule has 0 fully saturated rings. The minimum Gasteiger partial charge on any atom is -0.508 e. The van der Waals surface area contributed by atoms with Gasteiger partial charge in [-0.15, -0.1) is 10.2 Å². The van der Waals surface area contributed by atoms with Crippen LogP contribution in [-0.4, -0.2) is 20.4 Å². The second-order valence-corrected chi connectivity index (χ2v) is 7.42. The van der Waals surface area contributed by atoms with Crippen LogP contribution in [0.2, 0.25) is 0 Å². The summed E-state index contributed by atoms with van der Waals surface area (Å²) in [5, 5.41) is 29.1. The van der Waals surface area contributed by atoms with Gasteiger partial charge in [0.25, 0.3) is 0 Å². The van der Waals surface area contributed by atoms with Gasteiger partial charge in [-0.3, -0.25) is 0 Å². The Morgan fingerprint density at radius 1 is 0.870 bits per heavy atom. The Labute approximate surface area is 139 Å². The fourth-order valence-electron chi connectivity index (χ4n) is 2.26. The molecule has 23 heavy (non-hydrogen) atoms. The van der Waals surface area contributed by atoms with Gasteiger partial charge >= 0.3 is 0 Å². The maximum absolute atomic E-state index is 9.93. The molecule has 118 valence electrons. The number of hydrogen-bond acceptors (Lipinski definition) is 5. The quantitative estimate of drug-likeness (QED) is 0.723. The molecular formula is C18H18N2O2S. The van der Waals surface area contributed by atoms with Crippen molar-refractivity contribution < 1.29 is 10.2 Å². The van der Waals surface area contributed by atoms with Crippen molar-refractivity contribution >= 4 is 11.3 Å². The van der Waals surface area contributed by atoms with Crippen molar-refractivity contribution in [1.82, 2.24) is 10.2 Å². The van der Waals surface area contributed by atoms with Crippen LogP contribution in [-0.2, 0) is 5.41 Å². The normalized spacial score (nSPS) is 11.6. The minimum atomic E-state index is -0.00391. The maximum Gasteiger partial charge on any atom is 0.151 e. The van der Waals surface area contributed by atoms with Crippen molar-refractivity contribution in [3.8, 4) is 32.6 Å². The van der Waals surface area contributed by atoms with E-state index in [0.717, 1.165) is 10.6 Å². The summed E-state index contributed by atoms with van der Waals surface area (Å²) < 4.78 is 0. The molecule has 0 atom stereocenters. The number of phenolic OH excluding ortho intramolecular Hbond substituents is 2. The van der Waals surface area contributed by atoms with Crippen molar-refractivity contribution in [1.29, 1.82) is 0 Å². The highest BCUT2D eigenvalue weighted by Gasteiger charge is 2.15. The Morgan fingerprint density at radius 2 is 1.52 bits per heavy atom. The Balaban J connectivity index is 1.93. The van der Waals surface area contributed by atoms with Crippen molar-refractivity contribution in [3.05, 3.63) is 48.0 Å². The fraction of sp³-hybridized carbons (Fsp3) is 0.222.